The van der Waals surface area contributed by atoms with E-state index in [1.165, 1.54) is 18.2 Å². The summed E-state index contributed by atoms with van der Waals surface area (Å²) in [4.78, 5) is 11.7. The number of alkyl halides is 2. The van der Waals surface area contributed by atoms with Crippen LogP contribution in [0.2, 0.25) is 0 Å². The number of halogens is 2. The molecule has 0 aliphatic carbocycles. The van der Waals surface area contributed by atoms with Crippen LogP contribution in [0.15, 0.2) is 18.2 Å². The first kappa shape index (κ1) is 10.9. The number of hydrogen-bond donors (Lipinski definition) is 0. The second kappa shape index (κ2) is 3.43. The number of ether oxygens (including phenoxy) is 2. The third kappa shape index (κ3) is 1.73. The molecule has 1 heterocycles. The van der Waals surface area contributed by atoms with Gasteiger partial charge in [0.2, 0.25) is 0 Å². The number of ketones is 1. The summed E-state index contributed by atoms with van der Waals surface area (Å²) in [7, 11) is 0. The van der Waals surface area contributed by atoms with E-state index in [4.69, 9.17) is 0 Å². The number of benzene rings is 1. The summed E-state index contributed by atoms with van der Waals surface area (Å²) in [5, 5.41) is 0. The first-order chi connectivity index (χ1) is 7.41. The van der Waals surface area contributed by atoms with Crippen LogP contribution in [0.1, 0.15) is 24.2 Å². The molecule has 0 radical (unpaired) electrons. The molecule has 5 heteroatoms. The predicted molar refractivity (Wildman–Crippen MR) is 51.8 cm³/mol. The summed E-state index contributed by atoms with van der Waals surface area (Å²) in [5.41, 5.74) is 0.129. The molecule has 0 saturated heterocycles. The van der Waals surface area contributed by atoms with E-state index in [1.807, 2.05) is 0 Å². The summed E-state index contributed by atoms with van der Waals surface area (Å²) in [5.74, 6) is -0.815. The fourth-order valence-electron chi connectivity index (χ4n) is 1.47. The molecule has 1 aliphatic heterocycles. The van der Waals surface area contributed by atoms with Gasteiger partial charge in [-0.2, -0.15) is 0 Å². The molecule has 16 heavy (non-hydrogen) atoms. The lowest BCUT2D eigenvalue weighted by molar-refractivity contribution is -0.286. The Balaban J connectivity index is 2.45. The van der Waals surface area contributed by atoms with Gasteiger partial charge in [0.15, 0.2) is 17.3 Å². The first-order valence-corrected chi connectivity index (χ1v) is 4.84. The second-order valence-corrected chi connectivity index (χ2v) is 3.82. The van der Waals surface area contributed by atoms with Crippen LogP contribution in [0.25, 0.3) is 0 Å². The molecule has 0 N–H and O–H groups in total. The molecule has 86 valence electrons. The molecular formula is C11H10F2O3. The number of fused-ring (bicyclic) bond motifs is 1. The Morgan fingerprint density at radius 2 is 2.00 bits per heavy atom. The highest BCUT2D eigenvalue weighted by Gasteiger charge is 2.45. The Morgan fingerprint density at radius 3 is 2.62 bits per heavy atom. The lowest BCUT2D eigenvalue weighted by Gasteiger charge is -2.07. The lowest BCUT2D eigenvalue weighted by Crippen LogP contribution is -2.26. The molecule has 0 atom stereocenters. The van der Waals surface area contributed by atoms with Crippen LogP contribution < -0.4 is 9.47 Å². The Hall–Kier alpha value is -1.65. The van der Waals surface area contributed by atoms with Crippen molar-refractivity contribution in [1.29, 1.82) is 0 Å². The quantitative estimate of drug-likeness (QED) is 0.730. The Morgan fingerprint density at radius 1 is 1.31 bits per heavy atom. The molecular weight excluding hydrogens is 218 g/mol. The van der Waals surface area contributed by atoms with Crippen LogP contribution >= 0.6 is 0 Å². The first-order valence-electron chi connectivity index (χ1n) is 4.84. The summed E-state index contributed by atoms with van der Waals surface area (Å²) in [6.45, 7) is 3.38. The molecule has 0 amide bonds. The largest absolute Gasteiger partial charge is 0.586 e. The standard InChI is InChI=1S/C11H10F2O3/c1-6(2)9(14)7-4-3-5-8-10(7)16-11(12,13)15-8/h3-6H,1-2H3. The summed E-state index contributed by atoms with van der Waals surface area (Å²) >= 11 is 0. The predicted octanol–water partition coefficient (Wildman–Crippen LogP) is 2.85. The van der Waals surface area contributed by atoms with Gasteiger partial charge in [0.05, 0.1) is 5.56 Å². The Kier molecular flexibility index (Phi) is 2.33. The van der Waals surface area contributed by atoms with Crippen molar-refractivity contribution in [2.75, 3.05) is 0 Å². The molecule has 0 spiro atoms. The fourth-order valence-corrected chi connectivity index (χ4v) is 1.47. The van der Waals surface area contributed by atoms with Crippen molar-refractivity contribution in [1.82, 2.24) is 0 Å². The van der Waals surface area contributed by atoms with E-state index >= 15 is 0 Å². The highest BCUT2D eigenvalue weighted by Crippen LogP contribution is 2.43. The summed E-state index contributed by atoms with van der Waals surface area (Å²) in [6, 6.07) is 4.28. The van der Waals surface area contributed by atoms with E-state index in [0.717, 1.165) is 0 Å². The molecule has 3 nitrogen and oxygen atoms in total. The van der Waals surface area contributed by atoms with Gasteiger partial charge in [0, 0.05) is 5.92 Å². The summed E-state index contributed by atoms with van der Waals surface area (Å²) in [6.07, 6.45) is -3.68. The monoisotopic (exact) mass is 228 g/mol. The van der Waals surface area contributed by atoms with Crippen molar-refractivity contribution < 1.29 is 23.0 Å². The smallest absolute Gasteiger partial charge is 0.395 e. The molecule has 0 aromatic heterocycles. The normalized spacial score (nSPS) is 16.6. The Labute approximate surface area is 91.0 Å². The number of hydrogen-bond acceptors (Lipinski definition) is 3. The zero-order valence-electron chi connectivity index (χ0n) is 8.79. The van der Waals surface area contributed by atoms with Crippen molar-refractivity contribution in [3.63, 3.8) is 0 Å². The minimum atomic E-state index is -3.68. The van der Waals surface area contributed by atoms with Gasteiger partial charge in [-0.1, -0.05) is 19.9 Å². The van der Waals surface area contributed by atoms with E-state index in [-0.39, 0.29) is 28.8 Å². The van der Waals surface area contributed by atoms with Crippen LogP contribution in [0.3, 0.4) is 0 Å². The van der Waals surface area contributed by atoms with Gasteiger partial charge in [0.25, 0.3) is 0 Å². The van der Waals surface area contributed by atoms with Crippen molar-refractivity contribution in [2.45, 2.75) is 20.1 Å². The average Bonchev–Trinajstić information content (AvgIpc) is 2.49. The maximum Gasteiger partial charge on any atom is 0.586 e. The van der Waals surface area contributed by atoms with E-state index in [1.54, 1.807) is 13.8 Å². The van der Waals surface area contributed by atoms with Crippen molar-refractivity contribution in [2.24, 2.45) is 5.92 Å². The van der Waals surface area contributed by atoms with E-state index in [2.05, 4.69) is 9.47 Å². The van der Waals surface area contributed by atoms with Gasteiger partial charge in [-0.3, -0.25) is 4.79 Å². The number of Topliss-reactive ketones (excluding diaryl/α,β-unsaturated/α-hetero) is 1. The number of rotatable bonds is 2. The highest BCUT2D eigenvalue weighted by molar-refractivity contribution is 6.00. The van der Waals surface area contributed by atoms with Crippen LogP contribution in [-0.2, 0) is 0 Å². The van der Waals surface area contributed by atoms with E-state index in [0.29, 0.717) is 0 Å². The zero-order chi connectivity index (χ0) is 11.9. The topological polar surface area (TPSA) is 35.5 Å². The lowest BCUT2D eigenvalue weighted by atomic mass is 10.00. The van der Waals surface area contributed by atoms with Crippen LogP contribution in [0, 0.1) is 5.92 Å². The Bertz CT molecular complexity index is 441. The zero-order valence-corrected chi connectivity index (χ0v) is 8.79. The minimum Gasteiger partial charge on any atom is -0.395 e. The maximum absolute atomic E-state index is 12.8. The third-order valence-electron chi connectivity index (χ3n) is 2.22. The third-order valence-corrected chi connectivity index (χ3v) is 2.22. The van der Waals surface area contributed by atoms with Crippen LogP contribution in [0.4, 0.5) is 8.78 Å². The van der Waals surface area contributed by atoms with Crippen molar-refractivity contribution >= 4 is 5.78 Å². The van der Waals surface area contributed by atoms with Gasteiger partial charge in [0.1, 0.15) is 0 Å². The number of carbonyl (C=O) groups excluding carboxylic acids is 1. The van der Waals surface area contributed by atoms with Crippen LogP contribution in [-0.4, -0.2) is 12.1 Å². The fraction of sp³-hybridized carbons (Fsp3) is 0.364. The van der Waals surface area contributed by atoms with Crippen molar-refractivity contribution in [3.05, 3.63) is 23.8 Å². The second-order valence-electron chi connectivity index (χ2n) is 3.82. The van der Waals surface area contributed by atoms with Crippen molar-refractivity contribution in [3.8, 4) is 11.5 Å². The SMILES string of the molecule is CC(C)C(=O)c1cccc2c1OC(F)(F)O2. The molecule has 1 aromatic rings. The van der Waals surface area contributed by atoms with E-state index in [9.17, 15) is 13.6 Å². The minimum absolute atomic E-state index is 0.100. The summed E-state index contributed by atoms with van der Waals surface area (Å²) < 4.78 is 34.2. The maximum atomic E-state index is 12.8. The van der Waals surface area contributed by atoms with Gasteiger partial charge in [-0.15, -0.1) is 8.78 Å². The molecule has 0 fully saturated rings. The molecule has 0 saturated carbocycles. The van der Waals surface area contributed by atoms with Gasteiger partial charge in [-0.05, 0) is 12.1 Å². The molecule has 1 aliphatic rings. The number of para-hydroxylation sites is 1. The molecule has 1 aromatic carbocycles. The highest BCUT2D eigenvalue weighted by atomic mass is 19.3. The molecule has 2 rings (SSSR count). The van der Waals surface area contributed by atoms with Gasteiger partial charge < -0.3 is 9.47 Å². The average molecular weight is 228 g/mol. The van der Waals surface area contributed by atoms with Gasteiger partial charge >= 0.3 is 6.29 Å². The van der Waals surface area contributed by atoms with E-state index < -0.39 is 6.29 Å². The van der Waals surface area contributed by atoms with Gasteiger partial charge in [-0.25, -0.2) is 0 Å². The van der Waals surface area contributed by atoms with Crippen LogP contribution in [0.5, 0.6) is 11.5 Å². The molecule has 0 unspecified atom stereocenters. The molecule has 0 bridgehead atoms. The number of carbonyl (C=O) groups is 1.